The smallest absolute Gasteiger partial charge is 0.241 e. The third-order valence-corrected chi connectivity index (χ3v) is 4.89. The number of hydrogen-bond acceptors (Lipinski definition) is 2. The molecular formula is C18H26N2O. The summed E-state index contributed by atoms with van der Waals surface area (Å²) in [6.07, 6.45) is 2.70. The quantitative estimate of drug-likeness (QED) is 0.901. The summed E-state index contributed by atoms with van der Waals surface area (Å²) in [7, 11) is 0. The minimum Gasteiger partial charge on any atom is -0.321 e. The second-order valence-corrected chi connectivity index (χ2v) is 7.01. The van der Waals surface area contributed by atoms with Crippen LogP contribution < -0.4 is 5.32 Å². The molecule has 1 aliphatic carbocycles. The van der Waals surface area contributed by atoms with Crippen molar-refractivity contribution in [2.24, 2.45) is 17.8 Å². The summed E-state index contributed by atoms with van der Waals surface area (Å²) >= 11 is 0. The van der Waals surface area contributed by atoms with Crippen LogP contribution in [-0.2, 0) is 4.79 Å². The Morgan fingerprint density at radius 2 is 1.86 bits per heavy atom. The average molecular weight is 286 g/mol. The van der Waals surface area contributed by atoms with E-state index in [0.717, 1.165) is 12.5 Å². The molecule has 1 aromatic carbocycles. The van der Waals surface area contributed by atoms with Gasteiger partial charge in [0.2, 0.25) is 5.91 Å². The summed E-state index contributed by atoms with van der Waals surface area (Å²) in [5, 5.41) is 3.55. The van der Waals surface area contributed by atoms with Crippen LogP contribution in [0.15, 0.2) is 30.3 Å². The summed E-state index contributed by atoms with van der Waals surface area (Å²) in [6, 6.07) is 10.3. The molecule has 1 aromatic rings. The van der Waals surface area contributed by atoms with Gasteiger partial charge in [-0.05, 0) is 36.2 Å². The minimum absolute atomic E-state index is 0.0345. The molecule has 1 heterocycles. The van der Waals surface area contributed by atoms with Gasteiger partial charge in [-0.1, -0.05) is 51.1 Å². The molecule has 1 amide bonds. The Bertz CT molecular complexity index is 495. The number of hydrogen-bond donors (Lipinski definition) is 1. The lowest BCUT2D eigenvalue weighted by Gasteiger charge is -2.27. The van der Waals surface area contributed by atoms with Gasteiger partial charge in [-0.25, -0.2) is 0 Å². The van der Waals surface area contributed by atoms with Gasteiger partial charge in [-0.3, -0.25) is 10.1 Å². The summed E-state index contributed by atoms with van der Waals surface area (Å²) in [6.45, 7) is 7.39. The van der Waals surface area contributed by atoms with Crippen LogP contribution in [0.25, 0.3) is 0 Å². The van der Waals surface area contributed by atoms with E-state index >= 15 is 0 Å². The van der Waals surface area contributed by atoms with Gasteiger partial charge in [0.25, 0.3) is 0 Å². The normalized spacial score (nSPS) is 27.4. The monoisotopic (exact) mass is 286 g/mol. The van der Waals surface area contributed by atoms with Gasteiger partial charge in [-0.2, -0.15) is 0 Å². The zero-order valence-electron chi connectivity index (χ0n) is 13.3. The molecule has 3 nitrogen and oxygen atoms in total. The number of amides is 1. The van der Waals surface area contributed by atoms with Crippen molar-refractivity contribution in [1.82, 2.24) is 10.2 Å². The molecule has 0 bridgehead atoms. The highest BCUT2D eigenvalue weighted by molar-refractivity contribution is 5.84. The summed E-state index contributed by atoms with van der Waals surface area (Å²) in [5.74, 6) is 2.02. The lowest BCUT2D eigenvalue weighted by molar-refractivity contribution is -0.131. The van der Waals surface area contributed by atoms with E-state index in [1.165, 1.54) is 18.4 Å². The van der Waals surface area contributed by atoms with Gasteiger partial charge >= 0.3 is 0 Å². The number of nitrogens with zero attached hydrogens (tertiary/aromatic N) is 1. The van der Waals surface area contributed by atoms with Crippen LogP contribution in [0.3, 0.4) is 0 Å². The molecule has 1 N–H and O–H groups in total. The van der Waals surface area contributed by atoms with Crippen molar-refractivity contribution < 1.29 is 4.79 Å². The van der Waals surface area contributed by atoms with Crippen LogP contribution in [0.5, 0.6) is 0 Å². The van der Waals surface area contributed by atoms with Crippen molar-refractivity contribution in [1.29, 1.82) is 0 Å². The lowest BCUT2D eigenvalue weighted by Crippen LogP contribution is -2.36. The van der Waals surface area contributed by atoms with Gasteiger partial charge in [-0.15, -0.1) is 0 Å². The highest BCUT2D eigenvalue weighted by Crippen LogP contribution is 2.39. The molecular weight excluding hydrogens is 260 g/mol. The SMILES string of the molecule is CC(C)C1NC(c2ccccc2)N(CC(C)C2CC2)C1=O. The van der Waals surface area contributed by atoms with Crippen molar-refractivity contribution in [3.05, 3.63) is 35.9 Å². The molecule has 3 unspecified atom stereocenters. The zero-order chi connectivity index (χ0) is 15.0. The highest BCUT2D eigenvalue weighted by Gasteiger charge is 2.42. The second kappa shape index (κ2) is 5.80. The Morgan fingerprint density at radius 3 is 2.43 bits per heavy atom. The van der Waals surface area contributed by atoms with E-state index < -0.39 is 0 Å². The summed E-state index contributed by atoms with van der Waals surface area (Å²) in [5.41, 5.74) is 1.19. The van der Waals surface area contributed by atoms with E-state index in [0.29, 0.717) is 11.8 Å². The second-order valence-electron chi connectivity index (χ2n) is 7.01. The minimum atomic E-state index is -0.0541. The van der Waals surface area contributed by atoms with Crippen LogP contribution in [0.2, 0.25) is 0 Å². The van der Waals surface area contributed by atoms with Crippen molar-refractivity contribution in [2.45, 2.75) is 45.8 Å². The van der Waals surface area contributed by atoms with Crippen LogP contribution in [0.4, 0.5) is 0 Å². The maximum Gasteiger partial charge on any atom is 0.241 e. The van der Waals surface area contributed by atoms with Crippen LogP contribution >= 0.6 is 0 Å². The van der Waals surface area contributed by atoms with E-state index in [-0.39, 0.29) is 18.1 Å². The number of nitrogens with one attached hydrogen (secondary N) is 1. The fourth-order valence-corrected chi connectivity index (χ4v) is 3.35. The molecule has 2 aliphatic rings. The molecule has 2 fully saturated rings. The van der Waals surface area contributed by atoms with Gasteiger partial charge in [0.05, 0.1) is 6.04 Å². The summed E-state index contributed by atoms with van der Waals surface area (Å²) in [4.78, 5) is 14.8. The predicted molar refractivity (Wildman–Crippen MR) is 84.5 cm³/mol. The van der Waals surface area contributed by atoms with E-state index in [1.54, 1.807) is 0 Å². The van der Waals surface area contributed by atoms with Crippen molar-refractivity contribution in [3.8, 4) is 0 Å². The molecule has 0 spiro atoms. The first-order chi connectivity index (χ1) is 10.1. The third-order valence-electron chi connectivity index (χ3n) is 4.89. The van der Waals surface area contributed by atoms with Gasteiger partial charge in [0.15, 0.2) is 0 Å². The van der Waals surface area contributed by atoms with E-state index in [4.69, 9.17) is 0 Å². The van der Waals surface area contributed by atoms with Crippen LogP contribution in [0.1, 0.15) is 45.3 Å². The largest absolute Gasteiger partial charge is 0.321 e. The molecule has 3 atom stereocenters. The Morgan fingerprint density at radius 1 is 1.19 bits per heavy atom. The number of carbonyl (C=O) groups excluding carboxylic acids is 1. The van der Waals surface area contributed by atoms with E-state index in [9.17, 15) is 4.79 Å². The maximum absolute atomic E-state index is 12.8. The Balaban J connectivity index is 1.82. The van der Waals surface area contributed by atoms with E-state index in [2.05, 4.69) is 43.1 Å². The lowest BCUT2D eigenvalue weighted by atomic mass is 10.0. The maximum atomic E-state index is 12.8. The zero-order valence-corrected chi connectivity index (χ0v) is 13.3. The number of benzene rings is 1. The van der Waals surface area contributed by atoms with Crippen LogP contribution in [0, 0.1) is 17.8 Å². The third kappa shape index (κ3) is 2.98. The standard InChI is InChI=1S/C18H26N2O/c1-12(2)16-18(21)20(11-13(3)14-9-10-14)17(19-16)15-7-5-4-6-8-15/h4-8,12-14,16-17,19H,9-11H2,1-3H3. The van der Waals surface area contributed by atoms with Crippen molar-refractivity contribution in [2.75, 3.05) is 6.54 Å². The van der Waals surface area contributed by atoms with Gasteiger partial charge < -0.3 is 4.90 Å². The first kappa shape index (κ1) is 14.6. The Labute approximate surface area is 127 Å². The van der Waals surface area contributed by atoms with Crippen molar-refractivity contribution >= 4 is 5.91 Å². The fraction of sp³-hybridized carbons (Fsp3) is 0.611. The molecule has 21 heavy (non-hydrogen) atoms. The molecule has 1 saturated carbocycles. The first-order valence-corrected chi connectivity index (χ1v) is 8.19. The van der Waals surface area contributed by atoms with Crippen molar-refractivity contribution in [3.63, 3.8) is 0 Å². The molecule has 1 aliphatic heterocycles. The highest BCUT2D eigenvalue weighted by atomic mass is 16.2. The number of rotatable bonds is 5. The molecule has 3 rings (SSSR count). The molecule has 0 aromatic heterocycles. The molecule has 114 valence electrons. The fourth-order valence-electron chi connectivity index (χ4n) is 3.35. The molecule has 3 heteroatoms. The molecule has 0 radical (unpaired) electrons. The molecule has 1 saturated heterocycles. The van der Waals surface area contributed by atoms with E-state index in [1.807, 2.05) is 18.2 Å². The first-order valence-electron chi connectivity index (χ1n) is 8.19. The predicted octanol–water partition coefficient (Wildman–Crippen LogP) is 3.19. The Hall–Kier alpha value is -1.35. The van der Waals surface area contributed by atoms with Crippen LogP contribution in [-0.4, -0.2) is 23.4 Å². The van der Waals surface area contributed by atoms with Gasteiger partial charge in [0, 0.05) is 6.54 Å². The Kier molecular flexibility index (Phi) is 4.03. The average Bonchev–Trinajstić information content (AvgIpc) is 3.27. The summed E-state index contributed by atoms with van der Waals surface area (Å²) < 4.78 is 0. The number of carbonyl (C=O) groups is 1. The topological polar surface area (TPSA) is 32.3 Å². The van der Waals surface area contributed by atoms with Gasteiger partial charge in [0.1, 0.15) is 6.17 Å².